The largest absolute Gasteiger partial charge is 0.389 e. The summed E-state index contributed by atoms with van der Waals surface area (Å²) < 4.78 is 0. The zero-order chi connectivity index (χ0) is 13.0. The van der Waals surface area contributed by atoms with Crippen molar-refractivity contribution in [1.29, 1.82) is 0 Å². The highest BCUT2D eigenvalue weighted by molar-refractivity contribution is 7.80. The van der Waals surface area contributed by atoms with Crippen molar-refractivity contribution in [2.75, 3.05) is 5.32 Å². The molecule has 1 aromatic heterocycles. The van der Waals surface area contributed by atoms with Gasteiger partial charge in [-0.15, -0.1) is 0 Å². The topological polar surface area (TPSA) is 80.9 Å². The van der Waals surface area contributed by atoms with Crippen LogP contribution in [0.3, 0.4) is 0 Å². The van der Waals surface area contributed by atoms with Gasteiger partial charge >= 0.3 is 0 Å². The third-order valence-electron chi connectivity index (χ3n) is 2.24. The zero-order valence-corrected chi connectivity index (χ0v) is 10.1. The summed E-state index contributed by atoms with van der Waals surface area (Å²) in [7, 11) is 0. The van der Waals surface area contributed by atoms with Crippen LogP contribution in [0.15, 0.2) is 42.9 Å². The van der Waals surface area contributed by atoms with E-state index >= 15 is 0 Å². The molecule has 18 heavy (non-hydrogen) atoms. The number of amides is 1. The quantitative estimate of drug-likeness (QED) is 0.812. The number of nitrogens with one attached hydrogen (secondary N) is 1. The van der Waals surface area contributed by atoms with E-state index in [1.807, 2.05) is 0 Å². The minimum atomic E-state index is -0.259. The molecule has 0 aliphatic heterocycles. The van der Waals surface area contributed by atoms with Gasteiger partial charge in [0.1, 0.15) is 4.99 Å². The number of aromatic nitrogens is 2. The van der Waals surface area contributed by atoms with E-state index in [1.165, 1.54) is 18.6 Å². The average Bonchev–Trinajstić information content (AvgIpc) is 2.40. The number of rotatable bonds is 3. The second kappa shape index (κ2) is 5.33. The van der Waals surface area contributed by atoms with Gasteiger partial charge in [-0.05, 0) is 12.1 Å². The van der Waals surface area contributed by atoms with Crippen LogP contribution in [-0.2, 0) is 0 Å². The lowest BCUT2D eigenvalue weighted by molar-refractivity contribution is 0.102. The number of hydrogen-bond acceptors (Lipinski definition) is 4. The second-order valence-corrected chi connectivity index (χ2v) is 3.93. The highest BCUT2D eigenvalue weighted by Crippen LogP contribution is 2.07. The minimum absolute atomic E-state index is 0.259. The highest BCUT2D eigenvalue weighted by atomic mass is 32.1. The van der Waals surface area contributed by atoms with Crippen LogP contribution in [0.5, 0.6) is 0 Å². The Labute approximate surface area is 109 Å². The Morgan fingerprint density at radius 3 is 2.39 bits per heavy atom. The summed E-state index contributed by atoms with van der Waals surface area (Å²) >= 11 is 4.83. The van der Waals surface area contributed by atoms with Crippen molar-refractivity contribution >= 4 is 28.9 Å². The molecule has 0 radical (unpaired) electrons. The van der Waals surface area contributed by atoms with Crippen LogP contribution in [0.1, 0.15) is 15.9 Å². The average molecular weight is 258 g/mol. The van der Waals surface area contributed by atoms with Crippen LogP contribution >= 0.6 is 12.2 Å². The molecule has 0 saturated carbocycles. The lowest BCUT2D eigenvalue weighted by Crippen LogP contribution is -2.14. The van der Waals surface area contributed by atoms with Gasteiger partial charge in [0.25, 0.3) is 5.91 Å². The Morgan fingerprint density at radius 1 is 1.17 bits per heavy atom. The Morgan fingerprint density at radius 2 is 1.83 bits per heavy atom. The van der Waals surface area contributed by atoms with Crippen LogP contribution in [0.2, 0.25) is 0 Å². The number of nitrogens with two attached hydrogens (primary N) is 1. The first kappa shape index (κ1) is 12.1. The Kier molecular flexibility index (Phi) is 3.59. The van der Waals surface area contributed by atoms with E-state index in [0.717, 1.165) is 5.56 Å². The number of hydrogen-bond donors (Lipinski definition) is 2. The van der Waals surface area contributed by atoms with Crippen molar-refractivity contribution in [1.82, 2.24) is 9.97 Å². The molecule has 0 saturated heterocycles. The fraction of sp³-hybridized carbons (Fsp3) is 0. The Hall–Kier alpha value is -2.34. The molecule has 0 fully saturated rings. The molecule has 0 unspecified atom stereocenters. The monoisotopic (exact) mass is 258 g/mol. The lowest BCUT2D eigenvalue weighted by atomic mass is 10.1. The SMILES string of the molecule is NC(=S)c1ccc(C(=O)Nc2cnccn2)cc1. The third-order valence-corrected chi connectivity index (χ3v) is 2.47. The molecule has 0 atom stereocenters. The first-order valence-electron chi connectivity index (χ1n) is 5.14. The van der Waals surface area contributed by atoms with Crippen molar-refractivity contribution in [2.24, 2.45) is 5.73 Å². The number of benzene rings is 1. The Balaban J connectivity index is 2.12. The molecule has 1 amide bonds. The molecule has 0 spiro atoms. The number of carbonyl (C=O) groups is 1. The van der Waals surface area contributed by atoms with Crippen molar-refractivity contribution in [3.8, 4) is 0 Å². The summed E-state index contributed by atoms with van der Waals surface area (Å²) in [4.78, 5) is 20.0. The molecule has 0 aliphatic carbocycles. The normalized spacial score (nSPS) is 9.78. The van der Waals surface area contributed by atoms with E-state index in [-0.39, 0.29) is 5.91 Å². The van der Waals surface area contributed by atoms with Crippen molar-refractivity contribution in [2.45, 2.75) is 0 Å². The molecule has 0 aliphatic rings. The summed E-state index contributed by atoms with van der Waals surface area (Å²) in [5.41, 5.74) is 6.70. The summed E-state index contributed by atoms with van der Waals surface area (Å²) in [6.07, 6.45) is 4.51. The predicted octanol–water partition coefficient (Wildman–Crippen LogP) is 1.36. The number of nitrogens with zero attached hydrogens (tertiary/aromatic N) is 2. The maximum absolute atomic E-state index is 11.9. The maximum atomic E-state index is 11.9. The van der Waals surface area contributed by atoms with Gasteiger partial charge in [0, 0.05) is 23.5 Å². The maximum Gasteiger partial charge on any atom is 0.256 e. The van der Waals surface area contributed by atoms with Gasteiger partial charge in [0.2, 0.25) is 0 Å². The van der Waals surface area contributed by atoms with E-state index in [9.17, 15) is 4.79 Å². The minimum Gasteiger partial charge on any atom is -0.389 e. The van der Waals surface area contributed by atoms with Crippen LogP contribution in [-0.4, -0.2) is 20.9 Å². The van der Waals surface area contributed by atoms with Gasteiger partial charge in [-0.2, -0.15) is 0 Å². The summed E-state index contributed by atoms with van der Waals surface area (Å²) in [5, 5.41) is 2.63. The number of carbonyl (C=O) groups excluding carboxylic acids is 1. The first-order chi connectivity index (χ1) is 8.66. The fourth-order valence-corrected chi connectivity index (χ4v) is 1.47. The van der Waals surface area contributed by atoms with E-state index in [2.05, 4.69) is 15.3 Å². The number of thiocarbonyl (C=S) groups is 1. The smallest absolute Gasteiger partial charge is 0.256 e. The van der Waals surface area contributed by atoms with Gasteiger partial charge in [-0.25, -0.2) is 4.98 Å². The molecule has 3 N–H and O–H groups in total. The molecule has 1 aromatic carbocycles. The van der Waals surface area contributed by atoms with Gasteiger partial charge < -0.3 is 11.1 Å². The third kappa shape index (κ3) is 2.86. The van der Waals surface area contributed by atoms with Gasteiger partial charge in [-0.3, -0.25) is 9.78 Å². The molecule has 2 aromatic rings. The molecular weight excluding hydrogens is 248 g/mol. The Bertz CT molecular complexity index is 568. The molecule has 2 rings (SSSR count). The summed E-state index contributed by atoms with van der Waals surface area (Å²) in [6.45, 7) is 0. The van der Waals surface area contributed by atoms with Crippen molar-refractivity contribution in [3.63, 3.8) is 0 Å². The molecule has 5 nitrogen and oxygen atoms in total. The van der Waals surface area contributed by atoms with Gasteiger partial charge in [-0.1, -0.05) is 24.4 Å². The highest BCUT2D eigenvalue weighted by Gasteiger charge is 2.06. The molecule has 90 valence electrons. The molecule has 1 heterocycles. The molecule has 6 heteroatoms. The summed E-state index contributed by atoms with van der Waals surface area (Å²) in [6, 6.07) is 6.71. The molecule has 0 bridgehead atoms. The van der Waals surface area contributed by atoms with Crippen molar-refractivity contribution < 1.29 is 4.79 Å². The lowest BCUT2D eigenvalue weighted by Gasteiger charge is -2.04. The van der Waals surface area contributed by atoms with Crippen LogP contribution in [0.4, 0.5) is 5.82 Å². The predicted molar refractivity (Wildman–Crippen MR) is 72.3 cm³/mol. The van der Waals surface area contributed by atoms with Crippen molar-refractivity contribution in [3.05, 3.63) is 54.0 Å². The standard InChI is InChI=1S/C12H10N4OS/c13-11(18)8-1-3-9(4-2-8)12(17)16-10-7-14-5-6-15-10/h1-7H,(H2,13,18)(H,15,16,17). The first-order valence-corrected chi connectivity index (χ1v) is 5.55. The van der Waals surface area contributed by atoms with Crippen LogP contribution < -0.4 is 11.1 Å². The van der Waals surface area contributed by atoms with Gasteiger partial charge in [0.15, 0.2) is 5.82 Å². The zero-order valence-electron chi connectivity index (χ0n) is 9.33. The van der Waals surface area contributed by atoms with E-state index in [1.54, 1.807) is 24.3 Å². The summed E-state index contributed by atoms with van der Waals surface area (Å²) in [5.74, 6) is 0.144. The second-order valence-electron chi connectivity index (χ2n) is 3.49. The molecular formula is C12H10N4OS. The van der Waals surface area contributed by atoms with E-state index in [4.69, 9.17) is 18.0 Å². The van der Waals surface area contributed by atoms with Gasteiger partial charge in [0.05, 0.1) is 6.20 Å². The number of anilines is 1. The van der Waals surface area contributed by atoms with E-state index < -0.39 is 0 Å². The van der Waals surface area contributed by atoms with Crippen LogP contribution in [0.25, 0.3) is 0 Å². The fourth-order valence-electron chi connectivity index (χ4n) is 1.34. The van der Waals surface area contributed by atoms with E-state index in [0.29, 0.717) is 16.4 Å². The van der Waals surface area contributed by atoms with Crippen LogP contribution in [0, 0.1) is 0 Å².